The number of carbonyl (C=O) groups excluding carboxylic acids is 2. The van der Waals surface area contributed by atoms with Crippen LogP contribution in [0.3, 0.4) is 0 Å². The van der Waals surface area contributed by atoms with Gasteiger partial charge in [-0.1, -0.05) is 0 Å². The highest BCUT2D eigenvalue weighted by Crippen LogP contribution is 2.25. The third kappa shape index (κ3) is 2.50. The maximum absolute atomic E-state index is 12.4. The van der Waals surface area contributed by atoms with Gasteiger partial charge in [-0.3, -0.25) is 9.69 Å². The number of likely N-dealkylation sites (tertiary alicyclic amines) is 2. The first-order chi connectivity index (χ1) is 9.06. The zero-order valence-corrected chi connectivity index (χ0v) is 10.9. The average molecular weight is 270 g/mol. The molecule has 7 heteroatoms. The molecule has 0 saturated carbocycles. The van der Waals surface area contributed by atoms with E-state index in [1.807, 2.05) is 0 Å². The van der Waals surface area contributed by atoms with Gasteiger partial charge in [-0.15, -0.1) is 0 Å². The Labute approximate surface area is 111 Å². The van der Waals surface area contributed by atoms with Crippen LogP contribution >= 0.6 is 0 Å². The van der Waals surface area contributed by atoms with Gasteiger partial charge in [-0.05, 0) is 25.7 Å². The summed E-state index contributed by atoms with van der Waals surface area (Å²) in [6.45, 7) is 0.866. The molecule has 0 aromatic heterocycles. The van der Waals surface area contributed by atoms with Gasteiger partial charge in [-0.2, -0.15) is 0 Å². The maximum atomic E-state index is 12.4. The fraction of sp³-hybridized carbons (Fsp3) is 0.750. The van der Waals surface area contributed by atoms with E-state index in [4.69, 9.17) is 5.11 Å². The second kappa shape index (κ2) is 5.46. The third-order valence-electron chi connectivity index (χ3n) is 3.79. The molecule has 2 saturated heterocycles. The van der Waals surface area contributed by atoms with Crippen LogP contribution in [0, 0.1) is 0 Å². The minimum absolute atomic E-state index is 0.271. The molecule has 2 fully saturated rings. The van der Waals surface area contributed by atoms with Crippen LogP contribution < -0.4 is 0 Å². The van der Waals surface area contributed by atoms with E-state index >= 15 is 0 Å². The SMILES string of the molecule is COC(=O)[C@H]1CCCN1C(=O)[C@@H]1CCCN1C(=O)O. The number of methoxy groups -OCH3 is 1. The molecule has 19 heavy (non-hydrogen) atoms. The van der Waals surface area contributed by atoms with Crippen LogP contribution in [0.1, 0.15) is 25.7 Å². The van der Waals surface area contributed by atoms with Gasteiger partial charge < -0.3 is 14.7 Å². The van der Waals surface area contributed by atoms with E-state index in [2.05, 4.69) is 4.74 Å². The minimum Gasteiger partial charge on any atom is -0.467 e. The first-order valence-corrected chi connectivity index (χ1v) is 6.44. The lowest BCUT2D eigenvalue weighted by molar-refractivity contribution is -0.152. The molecule has 2 rings (SSSR count). The number of ether oxygens (including phenoxy) is 1. The molecule has 0 unspecified atom stereocenters. The van der Waals surface area contributed by atoms with E-state index in [9.17, 15) is 14.4 Å². The smallest absolute Gasteiger partial charge is 0.407 e. The number of amides is 2. The molecule has 2 aliphatic rings. The summed E-state index contributed by atoms with van der Waals surface area (Å²) < 4.78 is 4.69. The van der Waals surface area contributed by atoms with Gasteiger partial charge in [0.25, 0.3) is 0 Å². The normalized spacial score (nSPS) is 26.6. The van der Waals surface area contributed by atoms with E-state index in [0.717, 1.165) is 11.3 Å². The summed E-state index contributed by atoms with van der Waals surface area (Å²) in [7, 11) is 1.29. The van der Waals surface area contributed by atoms with E-state index in [1.54, 1.807) is 0 Å². The van der Waals surface area contributed by atoms with Gasteiger partial charge in [0.15, 0.2) is 0 Å². The standard InChI is InChI=1S/C12H18N2O5/c1-19-11(16)9-5-3-6-13(9)10(15)8-4-2-7-14(8)12(17)18/h8-9H,2-7H2,1H3,(H,17,18)/t8-,9+/m0/s1. The third-order valence-corrected chi connectivity index (χ3v) is 3.79. The van der Waals surface area contributed by atoms with Gasteiger partial charge in [0.05, 0.1) is 7.11 Å². The van der Waals surface area contributed by atoms with E-state index in [-0.39, 0.29) is 5.91 Å². The molecular weight excluding hydrogens is 252 g/mol. The number of rotatable bonds is 2. The predicted molar refractivity (Wildman–Crippen MR) is 64.5 cm³/mol. The van der Waals surface area contributed by atoms with Crippen molar-refractivity contribution in [2.75, 3.05) is 20.2 Å². The van der Waals surface area contributed by atoms with Crippen LogP contribution in [0.25, 0.3) is 0 Å². The van der Waals surface area contributed by atoms with Crippen LogP contribution in [0.2, 0.25) is 0 Å². The molecule has 7 nitrogen and oxygen atoms in total. The van der Waals surface area contributed by atoms with Gasteiger partial charge in [0.1, 0.15) is 12.1 Å². The molecule has 0 aromatic carbocycles. The van der Waals surface area contributed by atoms with E-state index in [0.29, 0.717) is 32.4 Å². The Kier molecular flexibility index (Phi) is 3.92. The first kappa shape index (κ1) is 13.6. The highest BCUT2D eigenvalue weighted by molar-refractivity contribution is 5.90. The fourth-order valence-electron chi connectivity index (χ4n) is 2.86. The van der Waals surface area contributed by atoms with Gasteiger partial charge in [0, 0.05) is 13.1 Å². The van der Waals surface area contributed by atoms with Crippen molar-refractivity contribution in [3.05, 3.63) is 0 Å². The Morgan fingerprint density at radius 1 is 1.05 bits per heavy atom. The maximum Gasteiger partial charge on any atom is 0.407 e. The second-order valence-corrected chi connectivity index (χ2v) is 4.85. The lowest BCUT2D eigenvalue weighted by Gasteiger charge is -2.29. The van der Waals surface area contributed by atoms with Crippen molar-refractivity contribution in [2.45, 2.75) is 37.8 Å². The predicted octanol–water partition coefficient (Wildman–Crippen LogP) is 0.293. The van der Waals surface area contributed by atoms with Crippen LogP contribution in [0.4, 0.5) is 4.79 Å². The Bertz CT molecular complexity index is 398. The topological polar surface area (TPSA) is 87.2 Å². The fourth-order valence-corrected chi connectivity index (χ4v) is 2.86. The lowest BCUT2D eigenvalue weighted by Crippen LogP contribution is -2.50. The van der Waals surface area contributed by atoms with Crippen molar-refractivity contribution in [3.63, 3.8) is 0 Å². The summed E-state index contributed by atoms with van der Waals surface area (Å²) in [5, 5.41) is 9.06. The molecule has 2 amide bonds. The molecule has 1 N–H and O–H groups in total. The van der Waals surface area contributed by atoms with Crippen molar-refractivity contribution in [2.24, 2.45) is 0 Å². The Morgan fingerprint density at radius 3 is 2.21 bits per heavy atom. The number of nitrogens with zero attached hydrogens (tertiary/aromatic N) is 2. The van der Waals surface area contributed by atoms with Crippen LogP contribution in [-0.4, -0.2) is 65.2 Å². The summed E-state index contributed by atoms with van der Waals surface area (Å²) in [6.07, 6.45) is 1.45. The van der Waals surface area contributed by atoms with E-state index in [1.165, 1.54) is 12.0 Å². The number of carboxylic acid groups (broad SMARTS) is 1. The van der Waals surface area contributed by atoms with Gasteiger partial charge in [-0.25, -0.2) is 9.59 Å². The van der Waals surface area contributed by atoms with Crippen LogP contribution in [0.15, 0.2) is 0 Å². The summed E-state index contributed by atoms with van der Waals surface area (Å²) >= 11 is 0. The number of esters is 1. The molecule has 0 spiro atoms. The number of hydrogen-bond donors (Lipinski definition) is 1. The molecule has 0 bridgehead atoms. The van der Waals surface area contributed by atoms with Crippen molar-refractivity contribution in [1.82, 2.24) is 9.80 Å². The highest BCUT2D eigenvalue weighted by Gasteiger charge is 2.42. The quantitative estimate of drug-likeness (QED) is 0.729. The van der Waals surface area contributed by atoms with Crippen molar-refractivity contribution >= 4 is 18.0 Å². The van der Waals surface area contributed by atoms with Crippen molar-refractivity contribution < 1.29 is 24.2 Å². The Hall–Kier alpha value is -1.79. The summed E-state index contributed by atoms with van der Waals surface area (Å²) in [5.74, 6) is -0.696. The van der Waals surface area contributed by atoms with Crippen molar-refractivity contribution in [1.29, 1.82) is 0 Å². The summed E-state index contributed by atoms with van der Waals surface area (Å²) in [5.41, 5.74) is 0. The van der Waals surface area contributed by atoms with Crippen molar-refractivity contribution in [3.8, 4) is 0 Å². The molecule has 106 valence electrons. The largest absolute Gasteiger partial charge is 0.467 e. The average Bonchev–Trinajstić information content (AvgIpc) is 3.05. The summed E-state index contributed by atoms with van der Waals surface area (Å²) in [4.78, 5) is 37.7. The van der Waals surface area contributed by atoms with Crippen LogP contribution in [0.5, 0.6) is 0 Å². The zero-order chi connectivity index (χ0) is 14.0. The molecule has 0 radical (unpaired) electrons. The minimum atomic E-state index is -1.08. The Morgan fingerprint density at radius 2 is 1.63 bits per heavy atom. The number of hydrogen-bond acceptors (Lipinski definition) is 4. The van der Waals surface area contributed by atoms with Gasteiger partial charge >= 0.3 is 12.1 Å². The molecule has 2 aliphatic heterocycles. The zero-order valence-electron chi connectivity index (χ0n) is 10.9. The molecule has 0 aliphatic carbocycles. The summed E-state index contributed by atoms with van der Waals surface area (Å²) in [6, 6.07) is -1.21. The molecule has 2 heterocycles. The number of carbonyl (C=O) groups is 3. The molecular formula is C12H18N2O5. The van der Waals surface area contributed by atoms with E-state index < -0.39 is 24.1 Å². The highest BCUT2D eigenvalue weighted by atomic mass is 16.5. The molecule has 2 atom stereocenters. The van der Waals surface area contributed by atoms with Gasteiger partial charge in [0.2, 0.25) is 5.91 Å². The monoisotopic (exact) mass is 270 g/mol. The second-order valence-electron chi connectivity index (χ2n) is 4.85. The first-order valence-electron chi connectivity index (χ1n) is 6.44. The lowest BCUT2D eigenvalue weighted by atomic mass is 10.1. The Balaban J connectivity index is 2.10. The molecule has 0 aromatic rings. The van der Waals surface area contributed by atoms with Crippen LogP contribution in [-0.2, 0) is 14.3 Å².